The molecule has 1 N–H and O–H groups in total. The Bertz CT molecular complexity index is 634. The Labute approximate surface area is 154 Å². The monoisotopic (exact) mass is 371 g/mol. The van der Waals surface area contributed by atoms with E-state index in [0.29, 0.717) is 6.42 Å². The Morgan fingerprint density at radius 3 is 2.71 bits per heavy atom. The van der Waals surface area contributed by atoms with Gasteiger partial charge in [0.1, 0.15) is 11.9 Å². The van der Waals surface area contributed by atoms with E-state index < -0.39 is 0 Å². The smallest absolute Gasteiger partial charge is 0.223 e. The summed E-state index contributed by atoms with van der Waals surface area (Å²) in [6.07, 6.45) is 8.50. The van der Waals surface area contributed by atoms with Gasteiger partial charge in [-0.25, -0.2) is 4.98 Å². The van der Waals surface area contributed by atoms with E-state index in [2.05, 4.69) is 15.3 Å². The molecule has 1 fully saturated rings. The lowest BCUT2D eigenvalue weighted by Gasteiger charge is -2.35. The molecule has 2 aromatic rings. The molecule has 1 saturated heterocycles. The molecule has 1 atom stereocenters. The quantitative estimate of drug-likeness (QED) is 0.889. The summed E-state index contributed by atoms with van der Waals surface area (Å²) >= 11 is 0. The number of hydrogen-bond donors (Lipinski definition) is 1. The van der Waals surface area contributed by atoms with Gasteiger partial charge in [0.05, 0.1) is 0 Å². The zero-order valence-corrected chi connectivity index (χ0v) is 15.2. The van der Waals surface area contributed by atoms with Gasteiger partial charge < -0.3 is 14.8 Å². The zero-order valence-electron chi connectivity index (χ0n) is 13.6. The van der Waals surface area contributed by atoms with Crippen molar-refractivity contribution >= 4 is 30.7 Å². The molecule has 24 heavy (non-hydrogen) atoms. The first-order valence-corrected chi connectivity index (χ1v) is 7.62. The second-order valence-corrected chi connectivity index (χ2v) is 5.56. The summed E-state index contributed by atoms with van der Waals surface area (Å²) in [4.78, 5) is 23.0. The van der Waals surface area contributed by atoms with E-state index in [4.69, 9.17) is 0 Å². The van der Waals surface area contributed by atoms with Crippen LogP contribution in [0, 0.1) is 0 Å². The van der Waals surface area contributed by atoms with Crippen LogP contribution < -0.4 is 5.32 Å². The second-order valence-electron chi connectivity index (χ2n) is 5.56. The first kappa shape index (κ1) is 20.4. The number of nitrogens with one attached hydrogen (secondary N) is 1. The molecule has 6 nitrogen and oxygen atoms in total. The van der Waals surface area contributed by atoms with Crippen molar-refractivity contribution in [3.05, 3.63) is 48.3 Å². The van der Waals surface area contributed by atoms with Gasteiger partial charge in [-0.05, 0) is 24.1 Å². The number of rotatable bonds is 4. The summed E-state index contributed by atoms with van der Waals surface area (Å²) in [5.41, 5.74) is 1.15. The molecule has 2 aromatic heterocycles. The largest absolute Gasteiger partial charge is 0.336 e. The maximum atomic E-state index is 12.6. The highest BCUT2D eigenvalue weighted by Crippen LogP contribution is 2.21. The summed E-state index contributed by atoms with van der Waals surface area (Å²) in [6.45, 7) is 2.32. The summed E-state index contributed by atoms with van der Waals surface area (Å²) in [5, 5.41) is 3.35. The molecule has 8 heteroatoms. The number of imidazole rings is 1. The van der Waals surface area contributed by atoms with Crippen LogP contribution >= 0.6 is 24.8 Å². The van der Waals surface area contributed by atoms with E-state index in [1.807, 2.05) is 34.8 Å². The molecular weight excluding hydrogens is 349 g/mol. The number of amides is 1. The molecule has 0 aliphatic carbocycles. The molecule has 0 saturated carbocycles. The Balaban J connectivity index is 0.00000144. The van der Waals surface area contributed by atoms with Crippen molar-refractivity contribution in [3.63, 3.8) is 0 Å². The number of carbonyl (C=O) groups is 1. The highest BCUT2D eigenvalue weighted by molar-refractivity contribution is 5.85. The Hall–Kier alpha value is -1.63. The van der Waals surface area contributed by atoms with Crippen LogP contribution in [0.2, 0.25) is 0 Å². The van der Waals surface area contributed by atoms with Gasteiger partial charge in [0.25, 0.3) is 0 Å². The molecule has 3 heterocycles. The average molecular weight is 372 g/mol. The van der Waals surface area contributed by atoms with Gasteiger partial charge in [0, 0.05) is 57.9 Å². The number of hydrogen-bond acceptors (Lipinski definition) is 4. The number of aryl methyl sites for hydroxylation is 2. The molecule has 132 valence electrons. The molecule has 1 aliphatic rings. The van der Waals surface area contributed by atoms with Gasteiger partial charge in [-0.1, -0.05) is 0 Å². The van der Waals surface area contributed by atoms with Crippen molar-refractivity contribution in [2.24, 2.45) is 7.05 Å². The maximum Gasteiger partial charge on any atom is 0.223 e. The van der Waals surface area contributed by atoms with Crippen molar-refractivity contribution in [1.29, 1.82) is 0 Å². The fourth-order valence-electron chi connectivity index (χ4n) is 2.88. The van der Waals surface area contributed by atoms with Gasteiger partial charge >= 0.3 is 0 Å². The summed E-state index contributed by atoms with van der Waals surface area (Å²) in [5.74, 6) is 1.12. The minimum absolute atomic E-state index is 0. The molecule has 0 radical (unpaired) electrons. The normalized spacial score (nSPS) is 16.9. The van der Waals surface area contributed by atoms with Gasteiger partial charge in [-0.3, -0.25) is 9.78 Å². The van der Waals surface area contributed by atoms with Crippen LogP contribution in [0.25, 0.3) is 0 Å². The second kappa shape index (κ2) is 9.61. The minimum Gasteiger partial charge on any atom is -0.336 e. The lowest BCUT2D eigenvalue weighted by Crippen LogP contribution is -2.49. The highest BCUT2D eigenvalue weighted by Gasteiger charge is 2.29. The van der Waals surface area contributed by atoms with Crippen LogP contribution in [0.15, 0.2) is 36.9 Å². The third kappa shape index (κ3) is 4.69. The Morgan fingerprint density at radius 2 is 2.04 bits per heavy atom. The summed E-state index contributed by atoms with van der Waals surface area (Å²) < 4.78 is 1.99. The highest BCUT2D eigenvalue weighted by atomic mass is 35.5. The van der Waals surface area contributed by atoms with Crippen LogP contribution in [-0.2, 0) is 18.3 Å². The van der Waals surface area contributed by atoms with E-state index in [0.717, 1.165) is 37.4 Å². The maximum absolute atomic E-state index is 12.6. The van der Waals surface area contributed by atoms with Crippen LogP contribution in [0.1, 0.15) is 23.9 Å². The first-order valence-electron chi connectivity index (χ1n) is 7.62. The van der Waals surface area contributed by atoms with Crippen LogP contribution in [-0.4, -0.2) is 45.0 Å². The predicted molar refractivity (Wildman–Crippen MR) is 97.6 cm³/mol. The Morgan fingerprint density at radius 1 is 1.29 bits per heavy atom. The fourth-order valence-corrected chi connectivity index (χ4v) is 2.88. The third-order valence-electron chi connectivity index (χ3n) is 4.10. The number of carbonyl (C=O) groups excluding carboxylic acids is 1. The lowest BCUT2D eigenvalue weighted by molar-refractivity contribution is -0.134. The third-order valence-corrected chi connectivity index (χ3v) is 4.10. The number of nitrogens with zero attached hydrogens (tertiary/aromatic N) is 4. The number of halogens is 2. The van der Waals surface area contributed by atoms with Crippen molar-refractivity contribution in [1.82, 2.24) is 24.8 Å². The Kier molecular flexibility index (Phi) is 8.18. The van der Waals surface area contributed by atoms with Crippen molar-refractivity contribution in [2.45, 2.75) is 18.9 Å². The van der Waals surface area contributed by atoms with Crippen LogP contribution in [0.4, 0.5) is 0 Å². The average Bonchev–Trinajstić information content (AvgIpc) is 2.99. The van der Waals surface area contributed by atoms with E-state index in [-0.39, 0.29) is 36.8 Å². The molecule has 1 unspecified atom stereocenters. The van der Waals surface area contributed by atoms with E-state index in [9.17, 15) is 4.79 Å². The van der Waals surface area contributed by atoms with Gasteiger partial charge in [-0.15, -0.1) is 24.8 Å². The lowest BCUT2D eigenvalue weighted by atomic mass is 10.1. The molecule has 0 aromatic carbocycles. The van der Waals surface area contributed by atoms with E-state index >= 15 is 0 Å². The van der Waals surface area contributed by atoms with E-state index in [1.165, 1.54) is 0 Å². The SMILES string of the molecule is Cl.Cl.Cn1ccnc1C1CNCCN1C(=O)CCc1ccncc1. The summed E-state index contributed by atoms with van der Waals surface area (Å²) in [7, 11) is 1.97. The van der Waals surface area contributed by atoms with Crippen LogP contribution in [0.5, 0.6) is 0 Å². The zero-order chi connectivity index (χ0) is 15.4. The molecule has 3 rings (SSSR count). The minimum atomic E-state index is 0. The summed E-state index contributed by atoms with van der Waals surface area (Å²) in [6, 6.07) is 3.93. The number of aromatic nitrogens is 3. The fraction of sp³-hybridized carbons (Fsp3) is 0.438. The van der Waals surface area contributed by atoms with Gasteiger partial charge in [-0.2, -0.15) is 0 Å². The standard InChI is InChI=1S/C16H21N5O.2ClH/c1-20-10-9-19-16(20)14-12-18-8-11-21(14)15(22)3-2-13-4-6-17-7-5-13;;/h4-7,9-10,14,18H,2-3,8,11-12H2,1H3;2*1H. The molecule has 0 bridgehead atoms. The predicted octanol–water partition coefficient (Wildman–Crippen LogP) is 1.76. The van der Waals surface area contributed by atoms with Gasteiger partial charge in [0.2, 0.25) is 5.91 Å². The van der Waals surface area contributed by atoms with E-state index in [1.54, 1.807) is 18.6 Å². The first-order chi connectivity index (χ1) is 10.8. The van der Waals surface area contributed by atoms with Crippen LogP contribution in [0.3, 0.4) is 0 Å². The van der Waals surface area contributed by atoms with Crippen molar-refractivity contribution in [2.75, 3.05) is 19.6 Å². The molecule has 1 amide bonds. The molecular formula is C16H23Cl2N5O. The molecule has 1 aliphatic heterocycles. The molecule has 0 spiro atoms. The topological polar surface area (TPSA) is 63.1 Å². The number of pyridine rings is 1. The van der Waals surface area contributed by atoms with Crippen molar-refractivity contribution < 1.29 is 4.79 Å². The van der Waals surface area contributed by atoms with Gasteiger partial charge in [0.15, 0.2) is 0 Å². The van der Waals surface area contributed by atoms with Crippen molar-refractivity contribution in [3.8, 4) is 0 Å². The number of piperazine rings is 1.